The van der Waals surface area contributed by atoms with Gasteiger partial charge in [0.1, 0.15) is 18.2 Å². The molecule has 7 nitrogen and oxygen atoms in total. The van der Waals surface area contributed by atoms with E-state index in [1.165, 1.54) is 6.33 Å². The summed E-state index contributed by atoms with van der Waals surface area (Å²) in [6, 6.07) is 15.1. The molecule has 2 heterocycles. The van der Waals surface area contributed by atoms with E-state index in [1.54, 1.807) is 29.2 Å². The lowest BCUT2D eigenvalue weighted by molar-refractivity contribution is 0.0933. The molecule has 148 valence electrons. The van der Waals surface area contributed by atoms with Crippen molar-refractivity contribution >= 4 is 17.0 Å². The molecule has 4 aromatic rings. The van der Waals surface area contributed by atoms with Crippen LogP contribution in [0.1, 0.15) is 54.0 Å². The first-order valence-corrected chi connectivity index (χ1v) is 9.69. The van der Waals surface area contributed by atoms with E-state index in [2.05, 4.69) is 20.4 Å². The van der Waals surface area contributed by atoms with Gasteiger partial charge in [0.25, 0.3) is 5.91 Å². The van der Waals surface area contributed by atoms with Gasteiger partial charge in [-0.3, -0.25) is 9.48 Å². The molecule has 1 amide bonds. The number of carbonyl (C=O) groups is 1. The average molecular weight is 389 g/mol. The Labute approximate surface area is 168 Å². The number of hydrogen-bond acceptors (Lipinski definition) is 5. The van der Waals surface area contributed by atoms with Gasteiger partial charge in [-0.2, -0.15) is 5.10 Å². The molecule has 4 rings (SSSR count). The summed E-state index contributed by atoms with van der Waals surface area (Å²) in [5.41, 5.74) is 2.99. The molecule has 2 aromatic carbocycles. The van der Waals surface area contributed by atoms with Crippen LogP contribution >= 0.6 is 0 Å². The molecule has 29 heavy (non-hydrogen) atoms. The van der Waals surface area contributed by atoms with Gasteiger partial charge in [-0.15, -0.1) is 0 Å². The molecule has 0 aliphatic carbocycles. The summed E-state index contributed by atoms with van der Waals surface area (Å²) in [5.74, 6) is 0.722. The molecule has 0 saturated carbocycles. The van der Waals surface area contributed by atoms with Crippen LogP contribution in [0.25, 0.3) is 11.1 Å². The molecule has 0 unspecified atom stereocenters. The Bertz CT molecular complexity index is 1090. The summed E-state index contributed by atoms with van der Waals surface area (Å²) < 4.78 is 7.50. The number of fused-ring (bicyclic) bond motifs is 1. The summed E-state index contributed by atoms with van der Waals surface area (Å²) in [6.45, 7) is 4.70. The van der Waals surface area contributed by atoms with E-state index in [9.17, 15) is 4.79 Å². The number of aryl methyl sites for hydroxylation is 1. The van der Waals surface area contributed by atoms with Crippen LogP contribution in [-0.2, 0) is 6.54 Å². The number of nitrogens with zero attached hydrogens (tertiary/aromatic N) is 4. The highest BCUT2D eigenvalue weighted by molar-refractivity contribution is 5.97. The number of oxazole rings is 1. The first-order chi connectivity index (χ1) is 14.1. The lowest BCUT2D eigenvalue weighted by Crippen LogP contribution is -2.29. The second-order valence-electron chi connectivity index (χ2n) is 7.27. The number of aromatic nitrogens is 4. The first-order valence-electron chi connectivity index (χ1n) is 9.69. The fraction of sp³-hybridized carbons (Fsp3) is 0.273. The van der Waals surface area contributed by atoms with Crippen LogP contribution in [0.3, 0.4) is 0 Å². The van der Waals surface area contributed by atoms with Crippen LogP contribution < -0.4 is 5.32 Å². The molecule has 0 radical (unpaired) electrons. The zero-order valence-corrected chi connectivity index (χ0v) is 16.4. The second kappa shape index (κ2) is 8.26. The molecule has 0 fully saturated rings. The fourth-order valence-corrected chi connectivity index (χ4v) is 3.19. The van der Waals surface area contributed by atoms with Gasteiger partial charge >= 0.3 is 0 Å². The number of benzene rings is 2. The van der Waals surface area contributed by atoms with Gasteiger partial charge in [-0.1, -0.05) is 44.2 Å². The topological polar surface area (TPSA) is 85.8 Å². The van der Waals surface area contributed by atoms with Crippen LogP contribution in [0, 0.1) is 0 Å². The van der Waals surface area contributed by atoms with Crippen molar-refractivity contribution in [3.05, 3.63) is 78.2 Å². The molecule has 0 spiro atoms. The minimum Gasteiger partial charge on any atom is -0.440 e. The smallest absolute Gasteiger partial charge is 0.251 e. The zero-order chi connectivity index (χ0) is 20.2. The molecule has 0 aliphatic heterocycles. The SMILES string of the molecule is CC(C)c1nc2cc(C(=O)N[C@@H](CCn3cncn3)c3ccccc3)ccc2o1. The van der Waals surface area contributed by atoms with Crippen molar-refractivity contribution in [1.29, 1.82) is 0 Å². The Morgan fingerprint density at radius 1 is 1.17 bits per heavy atom. The van der Waals surface area contributed by atoms with Gasteiger partial charge in [0, 0.05) is 18.0 Å². The van der Waals surface area contributed by atoms with Crippen LogP contribution in [0.15, 0.2) is 65.6 Å². The van der Waals surface area contributed by atoms with Crippen LogP contribution in [0.2, 0.25) is 0 Å². The van der Waals surface area contributed by atoms with Gasteiger partial charge < -0.3 is 9.73 Å². The Balaban J connectivity index is 1.54. The maximum Gasteiger partial charge on any atom is 0.251 e. The third-order valence-corrected chi connectivity index (χ3v) is 4.78. The van der Waals surface area contributed by atoms with Gasteiger partial charge in [0.15, 0.2) is 11.5 Å². The average Bonchev–Trinajstić information content (AvgIpc) is 3.40. The highest BCUT2D eigenvalue weighted by Gasteiger charge is 2.18. The molecule has 0 saturated heterocycles. The van der Waals surface area contributed by atoms with Crippen LogP contribution in [0.4, 0.5) is 0 Å². The summed E-state index contributed by atoms with van der Waals surface area (Å²) in [6.07, 6.45) is 3.88. The molecule has 7 heteroatoms. The normalized spacial score (nSPS) is 12.4. The lowest BCUT2D eigenvalue weighted by atomic mass is 10.0. The predicted octanol–water partition coefficient (Wildman–Crippen LogP) is 4.10. The second-order valence-corrected chi connectivity index (χ2v) is 7.27. The number of nitrogens with one attached hydrogen (secondary N) is 1. The van der Waals surface area contributed by atoms with Crippen molar-refractivity contribution in [3.8, 4) is 0 Å². The van der Waals surface area contributed by atoms with Crippen molar-refractivity contribution < 1.29 is 9.21 Å². The minimum atomic E-state index is -0.146. The van der Waals surface area contributed by atoms with Crippen LogP contribution in [0.5, 0.6) is 0 Å². The van der Waals surface area contributed by atoms with Gasteiger partial charge in [-0.05, 0) is 30.2 Å². The molecule has 0 bridgehead atoms. The van der Waals surface area contributed by atoms with E-state index >= 15 is 0 Å². The quantitative estimate of drug-likeness (QED) is 0.514. The molecule has 1 atom stereocenters. The number of carbonyl (C=O) groups excluding carboxylic acids is 1. The maximum atomic E-state index is 13.0. The lowest BCUT2D eigenvalue weighted by Gasteiger charge is -2.19. The zero-order valence-electron chi connectivity index (χ0n) is 16.4. The van der Waals surface area contributed by atoms with Crippen molar-refractivity contribution in [3.63, 3.8) is 0 Å². The van der Waals surface area contributed by atoms with Crippen molar-refractivity contribution in [1.82, 2.24) is 25.1 Å². The van der Waals surface area contributed by atoms with Gasteiger partial charge in [0.05, 0.1) is 6.04 Å². The molecule has 2 aromatic heterocycles. The Hall–Kier alpha value is -3.48. The Kier molecular flexibility index (Phi) is 5.37. The highest BCUT2D eigenvalue weighted by atomic mass is 16.3. The van der Waals surface area contributed by atoms with Crippen molar-refractivity contribution in [2.45, 2.75) is 38.8 Å². The highest BCUT2D eigenvalue weighted by Crippen LogP contribution is 2.23. The van der Waals surface area contributed by atoms with E-state index in [0.717, 1.165) is 5.56 Å². The molecular formula is C22H23N5O2. The minimum absolute atomic E-state index is 0.145. The van der Waals surface area contributed by atoms with Gasteiger partial charge in [0.2, 0.25) is 0 Å². The summed E-state index contributed by atoms with van der Waals surface area (Å²) in [5, 5.41) is 7.29. The summed E-state index contributed by atoms with van der Waals surface area (Å²) in [7, 11) is 0. The largest absolute Gasteiger partial charge is 0.440 e. The summed E-state index contributed by atoms with van der Waals surface area (Å²) >= 11 is 0. The van der Waals surface area contributed by atoms with Crippen molar-refractivity contribution in [2.24, 2.45) is 0 Å². The monoisotopic (exact) mass is 389 g/mol. The third-order valence-electron chi connectivity index (χ3n) is 4.78. The van der Waals surface area contributed by atoms with E-state index in [0.29, 0.717) is 35.5 Å². The third kappa shape index (κ3) is 4.34. The predicted molar refractivity (Wildman–Crippen MR) is 109 cm³/mol. The Morgan fingerprint density at radius 3 is 2.72 bits per heavy atom. The van der Waals surface area contributed by atoms with E-state index < -0.39 is 0 Å². The van der Waals surface area contributed by atoms with Gasteiger partial charge in [-0.25, -0.2) is 9.97 Å². The first kappa shape index (κ1) is 18.9. The molecular weight excluding hydrogens is 366 g/mol. The number of rotatable bonds is 7. The van der Waals surface area contributed by atoms with Crippen LogP contribution in [-0.4, -0.2) is 25.7 Å². The number of amides is 1. The fourth-order valence-electron chi connectivity index (χ4n) is 3.19. The summed E-state index contributed by atoms with van der Waals surface area (Å²) in [4.78, 5) is 21.4. The molecule has 0 aliphatic rings. The maximum absolute atomic E-state index is 13.0. The van der Waals surface area contributed by atoms with E-state index in [-0.39, 0.29) is 17.9 Å². The molecule has 1 N–H and O–H groups in total. The standard InChI is InChI=1S/C22H23N5O2/c1-15(2)22-26-19-12-17(8-9-20(19)29-22)21(28)25-18(16-6-4-3-5-7-16)10-11-27-14-23-13-24-27/h3-9,12-15,18H,10-11H2,1-2H3,(H,25,28)/t18-/m0/s1. The number of hydrogen-bond donors (Lipinski definition) is 1. The van der Waals surface area contributed by atoms with E-state index in [4.69, 9.17) is 4.42 Å². The van der Waals surface area contributed by atoms with E-state index in [1.807, 2.05) is 44.2 Å². The Morgan fingerprint density at radius 2 is 2.00 bits per heavy atom. The van der Waals surface area contributed by atoms with Crippen molar-refractivity contribution in [2.75, 3.05) is 0 Å².